The van der Waals surface area contributed by atoms with Gasteiger partial charge in [0.05, 0.1) is 12.1 Å². The van der Waals surface area contributed by atoms with E-state index in [2.05, 4.69) is 30.8 Å². The fourth-order valence-electron chi connectivity index (χ4n) is 1.90. The van der Waals surface area contributed by atoms with E-state index in [-0.39, 0.29) is 12.6 Å². The average Bonchev–Trinajstić information content (AvgIpc) is 3.07. The number of aliphatic hydroxyl groups is 1. The van der Waals surface area contributed by atoms with Crippen molar-refractivity contribution in [3.05, 3.63) is 18.5 Å². The number of nitrogens with two attached hydrogens (primary N) is 1. The van der Waals surface area contributed by atoms with Crippen LogP contribution in [0, 0.1) is 0 Å². The Kier molecular flexibility index (Phi) is 4.66. The molecule has 0 aromatic carbocycles. The molecule has 5 N–H and O–H groups in total. The summed E-state index contributed by atoms with van der Waals surface area (Å²) in [5.74, 6) is 6.28. The molecule has 21 heavy (non-hydrogen) atoms. The number of rotatable bonds is 7. The van der Waals surface area contributed by atoms with E-state index in [4.69, 9.17) is 5.84 Å². The van der Waals surface area contributed by atoms with E-state index in [1.807, 2.05) is 13.8 Å². The van der Waals surface area contributed by atoms with Crippen LogP contribution >= 0.6 is 0 Å². The third kappa shape index (κ3) is 3.26. The van der Waals surface area contributed by atoms with Crippen molar-refractivity contribution in [2.75, 3.05) is 17.3 Å². The van der Waals surface area contributed by atoms with Gasteiger partial charge in [-0.05, 0) is 18.9 Å². The van der Waals surface area contributed by atoms with E-state index in [0.29, 0.717) is 11.9 Å². The summed E-state index contributed by atoms with van der Waals surface area (Å²) in [6.07, 6.45) is 4.81. The SMILES string of the molecule is CCC(CC)(CO)Nc1nc(NN)nc(-n2cccn2)n1. The monoisotopic (exact) mass is 292 g/mol. The van der Waals surface area contributed by atoms with Crippen molar-refractivity contribution in [3.8, 4) is 5.95 Å². The third-order valence-electron chi connectivity index (χ3n) is 3.50. The molecule has 0 unspecified atom stereocenters. The van der Waals surface area contributed by atoms with Crippen molar-refractivity contribution < 1.29 is 5.11 Å². The maximum absolute atomic E-state index is 9.63. The Morgan fingerprint density at radius 3 is 2.48 bits per heavy atom. The number of anilines is 2. The van der Waals surface area contributed by atoms with Crippen LogP contribution in [0.25, 0.3) is 5.95 Å². The second-order valence-corrected chi connectivity index (χ2v) is 4.65. The van der Waals surface area contributed by atoms with E-state index in [1.165, 1.54) is 4.68 Å². The first kappa shape index (κ1) is 15.1. The van der Waals surface area contributed by atoms with Crippen LogP contribution < -0.4 is 16.6 Å². The molecule has 0 radical (unpaired) electrons. The second kappa shape index (κ2) is 6.46. The van der Waals surface area contributed by atoms with Crippen LogP contribution in [0.1, 0.15) is 26.7 Å². The molecule has 0 amide bonds. The predicted octanol–water partition coefficient (Wildman–Crippen LogP) is 0.306. The van der Waals surface area contributed by atoms with Crippen LogP contribution in [0.15, 0.2) is 18.5 Å². The summed E-state index contributed by atoms with van der Waals surface area (Å²) >= 11 is 0. The summed E-state index contributed by atoms with van der Waals surface area (Å²) in [7, 11) is 0. The zero-order valence-corrected chi connectivity index (χ0v) is 12.1. The molecule has 0 saturated heterocycles. The number of aromatic nitrogens is 5. The van der Waals surface area contributed by atoms with Gasteiger partial charge in [-0.3, -0.25) is 5.43 Å². The second-order valence-electron chi connectivity index (χ2n) is 4.65. The normalized spacial score (nSPS) is 11.4. The first-order valence-electron chi connectivity index (χ1n) is 6.78. The number of hydrazine groups is 1. The minimum Gasteiger partial charge on any atom is -0.394 e. The fourth-order valence-corrected chi connectivity index (χ4v) is 1.90. The quantitative estimate of drug-likeness (QED) is 0.424. The third-order valence-corrected chi connectivity index (χ3v) is 3.50. The molecule has 9 heteroatoms. The first-order chi connectivity index (χ1) is 10.2. The van der Waals surface area contributed by atoms with Gasteiger partial charge in [0.15, 0.2) is 0 Å². The van der Waals surface area contributed by atoms with Gasteiger partial charge in [0, 0.05) is 12.4 Å². The van der Waals surface area contributed by atoms with Gasteiger partial charge in [-0.25, -0.2) is 10.5 Å². The van der Waals surface area contributed by atoms with Gasteiger partial charge in [-0.2, -0.15) is 20.1 Å². The average molecular weight is 292 g/mol. The van der Waals surface area contributed by atoms with Crippen LogP contribution in [0.3, 0.4) is 0 Å². The molecule has 0 aliphatic carbocycles. The van der Waals surface area contributed by atoms with Gasteiger partial charge in [-0.15, -0.1) is 0 Å². The topological polar surface area (TPSA) is 127 Å². The largest absolute Gasteiger partial charge is 0.394 e. The van der Waals surface area contributed by atoms with Crippen LogP contribution in [-0.4, -0.2) is 42.0 Å². The summed E-state index contributed by atoms with van der Waals surface area (Å²) < 4.78 is 1.51. The number of nitrogens with zero attached hydrogens (tertiary/aromatic N) is 5. The summed E-state index contributed by atoms with van der Waals surface area (Å²) in [5.41, 5.74) is 1.93. The van der Waals surface area contributed by atoms with Gasteiger partial charge < -0.3 is 10.4 Å². The number of nitrogens with one attached hydrogen (secondary N) is 2. The highest BCUT2D eigenvalue weighted by atomic mass is 16.3. The summed E-state index contributed by atoms with van der Waals surface area (Å²) in [6.45, 7) is 3.96. The van der Waals surface area contributed by atoms with Crippen LogP contribution in [0.2, 0.25) is 0 Å². The van der Waals surface area contributed by atoms with Crippen molar-refractivity contribution >= 4 is 11.9 Å². The van der Waals surface area contributed by atoms with Crippen LogP contribution in [0.4, 0.5) is 11.9 Å². The molecule has 2 aromatic rings. The Labute approximate surface area is 122 Å². The van der Waals surface area contributed by atoms with E-state index >= 15 is 0 Å². The summed E-state index contributed by atoms with van der Waals surface area (Å²) in [5, 5.41) is 16.9. The summed E-state index contributed by atoms with van der Waals surface area (Å²) in [4.78, 5) is 12.6. The van der Waals surface area contributed by atoms with Crippen molar-refractivity contribution in [2.24, 2.45) is 5.84 Å². The highest BCUT2D eigenvalue weighted by Crippen LogP contribution is 2.20. The molecule has 0 bridgehead atoms. The number of hydrogen-bond donors (Lipinski definition) is 4. The number of hydrogen-bond acceptors (Lipinski definition) is 8. The molecule has 2 heterocycles. The van der Waals surface area contributed by atoms with Gasteiger partial charge in [0.2, 0.25) is 11.9 Å². The van der Waals surface area contributed by atoms with Gasteiger partial charge in [-0.1, -0.05) is 13.8 Å². The minimum atomic E-state index is -0.478. The lowest BCUT2D eigenvalue weighted by Crippen LogP contribution is -2.41. The first-order valence-corrected chi connectivity index (χ1v) is 6.78. The molecule has 0 aliphatic heterocycles. The van der Waals surface area contributed by atoms with E-state index < -0.39 is 5.54 Å². The lowest BCUT2D eigenvalue weighted by molar-refractivity contribution is 0.201. The van der Waals surface area contributed by atoms with E-state index in [1.54, 1.807) is 18.5 Å². The molecule has 2 rings (SSSR count). The lowest BCUT2D eigenvalue weighted by Gasteiger charge is -2.30. The minimum absolute atomic E-state index is 0.0197. The smallest absolute Gasteiger partial charge is 0.257 e. The van der Waals surface area contributed by atoms with Crippen molar-refractivity contribution in [1.29, 1.82) is 0 Å². The van der Waals surface area contributed by atoms with Gasteiger partial charge in [0.25, 0.3) is 5.95 Å². The maximum Gasteiger partial charge on any atom is 0.257 e. The van der Waals surface area contributed by atoms with Crippen molar-refractivity contribution in [2.45, 2.75) is 32.2 Å². The fraction of sp³-hybridized carbons (Fsp3) is 0.500. The molecule has 0 atom stereocenters. The predicted molar refractivity (Wildman–Crippen MR) is 78.8 cm³/mol. The molecule has 0 spiro atoms. The lowest BCUT2D eigenvalue weighted by atomic mass is 9.94. The molecule has 0 saturated carbocycles. The molecular weight excluding hydrogens is 272 g/mol. The standard InChI is InChI=1S/C12H20N8O/c1-3-12(4-2,8-21)18-9-15-10(19-13)17-11(16-9)20-7-5-6-14-20/h5-7,21H,3-4,8,13H2,1-2H3,(H2,15,16,17,18,19). The zero-order valence-electron chi connectivity index (χ0n) is 12.1. The Balaban J connectivity index is 2.37. The Bertz CT molecular complexity index is 558. The molecule has 0 fully saturated rings. The zero-order chi connectivity index (χ0) is 15.3. The van der Waals surface area contributed by atoms with Crippen LogP contribution in [0.5, 0.6) is 0 Å². The van der Waals surface area contributed by atoms with Crippen molar-refractivity contribution in [1.82, 2.24) is 24.7 Å². The van der Waals surface area contributed by atoms with Crippen molar-refractivity contribution in [3.63, 3.8) is 0 Å². The van der Waals surface area contributed by atoms with Gasteiger partial charge in [0.1, 0.15) is 0 Å². The summed E-state index contributed by atoms with van der Waals surface area (Å²) in [6, 6.07) is 1.77. The molecule has 0 aliphatic rings. The highest BCUT2D eigenvalue weighted by molar-refractivity contribution is 5.39. The molecular formula is C12H20N8O. The molecule has 114 valence electrons. The Morgan fingerprint density at radius 2 is 1.95 bits per heavy atom. The maximum atomic E-state index is 9.63. The Hall–Kier alpha value is -2.26. The molecule has 2 aromatic heterocycles. The van der Waals surface area contributed by atoms with Crippen LogP contribution in [-0.2, 0) is 0 Å². The number of aliphatic hydroxyl groups excluding tert-OH is 1. The number of nitrogen functional groups attached to an aromatic ring is 1. The molecule has 9 nitrogen and oxygen atoms in total. The Morgan fingerprint density at radius 1 is 1.24 bits per heavy atom. The van der Waals surface area contributed by atoms with E-state index in [9.17, 15) is 5.11 Å². The van der Waals surface area contributed by atoms with Gasteiger partial charge >= 0.3 is 0 Å². The van der Waals surface area contributed by atoms with E-state index in [0.717, 1.165) is 12.8 Å². The highest BCUT2D eigenvalue weighted by Gasteiger charge is 2.26.